The Kier molecular flexibility index (Phi) is 7.79. The van der Waals surface area contributed by atoms with Gasteiger partial charge < -0.3 is 21.2 Å². The van der Waals surface area contributed by atoms with Crippen LogP contribution < -0.4 is 11.1 Å². The third-order valence-electron chi connectivity index (χ3n) is 3.77. The number of benzene rings is 1. The summed E-state index contributed by atoms with van der Waals surface area (Å²) in [5.74, 6) is 0.124. The summed E-state index contributed by atoms with van der Waals surface area (Å²) in [5, 5.41) is 15.6. The van der Waals surface area contributed by atoms with Gasteiger partial charge in [0.1, 0.15) is 5.84 Å². The topological polar surface area (TPSA) is 73.9 Å². The SMILES string of the molecule is CCN(CC)CC(C)NCC(C(N)=NO)c1ccccc1. The van der Waals surface area contributed by atoms with Gasteiger partial charge in [-0.3, -0.25) is 0 Å². The van der Waals surface area contributed by atoms with Crippen LogP contribution in [0.5, 0.6) is 0 Å². The summed E-state index contributed by atoms with van der Waals surface area (Å²) in [4.78, 5) is 2.37. The monoisotopic (exact) mass is 292 g/mol. The summed E-state index contributed by atoms with van der Waals surface area (Å²) in [6, 6.07) is 10.2. The summed E-state index contributed by atoms with van der Waals surface area (Å²) in [5.41, 5.74) is 6.89. The van der Waals surface area contributed by atoms with Crippen LogP contribution in [0.15, 0.2) is 35.5 Å². The van der Waals surface area contributed by atoms with E-state index in [0.717, 1.165) is 25.2 Å². The molecule has 0 radical (unpaired) electrons. The second-order valence-electron chi connectivity index (χ2n) is 5.28. The fourth-order valence-electron chi connectivity index (χ4n) is 2.40. The molecule has 0 saturated heterocycles. The van der Waals surface area contributed by atoms with Gasteiger partial charge in [0.25, 0.3) is 0 Å². The molecule has 0 heterocycles. The lowest BCUT2D eigenvalue weighted by Gasteiger charge is -2.25. The van der Waals surface area contributed by atoms with Crippen molar-refractivity contribution in [2.75, 3.05) is 26.2 Å². The van der Waals surface area contributed by atoms with Crippen molar-refractivity contribution in [3.8, 4) is 0 Å². The lowest BCUT2D eigenvalue weighted by molar-refractivity contribution is 0.270. The summed E-state index contributed by atoms with van der Waals surface area (Å²) in [6.07, 6.45) is 0. The minimum Gasteiger partial charge on any atom is -0.409 e. The summed E-state index contributed by atoms with van der Waals surface area (Å²) in [6.45, 7) is 10.2. The van der Waals surface area contributed by atoms with Gasteiger partial charge in [0.15, 0.2) is 0 Å². The molecule has 21 heavy (non-hydrogen) atoms. The second-order valence-corrected chi connectivity index (χ2v) is 5.28. The van der Waals surface area contributed by atoms with Crippen LogP contribution in [-0.4, -0.2) is 48.2 Å². The largest absolute Gasteiger partial charge is 0.409 e. The number of nitrogens with zero attached hydrogens (tertiary/aromatic N) is 2. The van der Waals surface area contributed by atoms with Crippen molar-refractivity contribution in [3.05, 3.63) is 35.9 Å². The van der Waals surface area contributed by atoms with Crippen LogP contribution in [0.4, 0.5) is 0 Å². The first-order chi connectivity index (χ1) is 10.1. The standard InChI is InChI=1S/C16H28N4O/c1-4-20(5-2)12-13(3)18-11-15(16(17)19-21)14-9-7-6-8-10-14/h6-10,13,15,18,21H,4-5,11-12H2,1-3H3,(H2,17,19). The number of hydrogen-bond acceptors (Lipinski definition) is 4. The van der Waals surface area contributed by atoms with Gasteiger partial charge in [0, 0.05) is 19.1 Å². The number of rotatable bonds is 9. The zero-order valence-corrected chi connectivity index (χ0v) is 13.3. The molecule has 0 aliphatic rings. The molecule has 1 aromatic rings. The smallest absolute Gasteiger partial charge is 0.147 e. The van der Waals surface area contributed by atoms with Crippen molar-refractivity contribution in [1.82, 2.24) is 10.2 Å². The van der Waals surface area contributed by atoms with E-state index in [4.69, 9.17) is 10.9 Å². The highest BCUT2D eigenvalue weighted by Gasteiger charge is 2.17. The van der Waals surface area contributed by atoms with Crippen LogP contribution in [0.2, 0.25) is 0 Å². The zero-order valence-electron chi connectivity index (χ0n) is 13.3. The highest BCUT2D eigenvalue weighted by Crippen LogP contribution is 2.15. The predicted molar refractivity (Wildman–Crippen MR) is 87.8 cm³/mol. The van der Waals surface area contributed by atoms with Gasteiger partial charge in [-0.15, -0.1) is 0 Å². The van der Waals surface area contributed by atoms with Crippen molar-refractivity contribution in [2.24, 2.45) is 10.9 Å². The van der Waals surface area contributed by atoms with E-state index < -0.39 is 0 Å². The molecule has 1 rings (SSSR count). The van der Waals surface area contributed by atoms with Crippen molar-refractivity contribution in [1.29, 1.82) is 0 Å². The average Bonchev–Trinajstić information content (AvgIpc) is 2.53. The molecule has 0 fully saturated rings. The number of nitrogens with one attached hydrogen (secondary N) is 1. The van der Waals surface area contributed by atoms with E-state index in [1.807, 2.05) is 30.3 Å². The highest BCUT2D eigenvalue weighted by atomic mass is 16.4. The molecule has 1 aromatic carbocycles. The van der Waals surface area contributed by atoms with Crippen LogP contribution in [0.1, 0.15) is 32.3 Å². The molecule has 118 valence electrons. The van der Waals surface area contributed by atoms with E-state index in [1.54, 1.807) is 0 Å². The Bertz CT molecular complexity index is 418. The molecule has 2 atom stereocenters. The molecule has 0 saturated carbocycles. The minimum atomic E-state index is -0.115. The van der Waals surface area contributed by atoms with Crippen LogP contribution in [0, 0.1) is 0 Å². The van der Waals surface area contributed by atoms with E-state index >= 15 is 0 Å². The molecule has 0 spiro atoms. The fraction of sp³-hybridized carbons (Fsp3) is 0.562. The predicted octanol–water partition coefficient (Wildman–Crippen LogP) is 1.84. The van der Waals surface area contributed by atoms with E-state index in [2.05, 4.69) is 36.1 Å². The summed E-state index contributed by atoms with van der Waals surface area (Å²) >= 11 is 0. The molecule has 4 N–H and O–H groups in total. The Hall–Kier alpha value is -1.59. The van der Waals surface area contributed by atoms with Gasteiger partial charge in [-0.1, -0.05) is 49.3 Å². The Labute approximate surface area is 127 Å². The van der Waals surface area contributed by atoms with E-state index in [-0.39, 0.29) is 11.8 Å². The van der Waals surface area contributed by atoms with E-state index in [0.29, 0.717) is 12.6 Å². The summed E-state index contributed by atoms with van der Waals surface area (Å²) < 4.78 is 0. The Morgan fingerprint density at radius 3 is 2.43 bits per heavy atom. The molecule has 0 aliphatic carbocycles. The van der Waals surface area contributed by atoms with Crippen LogP contribution >= 0.6 is 0 Å². The molecule has 5 heteroatoms. The molecular formula is C16H28N4O. The lowest BCUT2D eigenvalue weighted by atomic mass is 9.97. The van der Waals surface area contributed by atoms with E-state index in [9.17, 15) is 0 Å². The van der Waals surface area contributed by atoms with Gasteiger partial charge in [-0.05, 0) is 25.6 Å². The van der Waals surface area contributed by atoms with Crippen LogP contribution in [-0.2, 0) is 0 Å². The fourth-order valence-corrected chi connectivity index (χ4v) is 2.40. The first kappa shape index (κ1) is 17.5. The maximum absolute atomic E-state index is 8.98. The first-order valence-corrected chi connectivity index (χ1v) is 7.60. The maximum Gasteiger partial charge on any atom is 0.147 e. The van der Waals surface area contributed by atoms with Crippen molar-refractivity contribution in [3.63, 3.8) is 0 Å². The van der Waals surface area contributed by atoms with Gasteiger partial charge in [-0.2, -0.15) is 0 Å². The normalized spacial score (nSPS) is 15.1. The third-order valence-corrected chi connectivity index (χ3v) is 3.77. The molecular weight excluding hydrogens is 264 g/mol. The van der Waals surface area contributed by atoms with Gasteiger partial charge in [0.2, 0.25) is 0 Å². The zero-order chi connectivity index (χ0) is 15.7. The van der Waals surface area contributed by atoms with Crippen LogP contribution in [0.3, 0.4) is 0 Å². The van der Waals surface area contributed by atoms with Crippen LogP contribution in [0.25, 0.3) is 0 Å². The van der Waals surface area contributed by atoms with Gasteiger partial charge in [0.05, 0.1) is 5.92 Å². The van der Waals surface area contributed by atoms with Crippen molar-refractivity contribution >= 4 is 5.84 Å². The molecule has 0 aromatic heterocycles. The molecule has 0 amide bonds. The first-order valence-electron chi connectivity index (χ1n) is 7.60. The number of hydrogen-bond donors (Lipinski definition) is 3. The van der Waals surface area contributed by atoms with Crippen molar-refractivity contribution in [2.45, 2.75) is 32.7 Å². The Morgan fingerprint density at radius 1 is 1.29 bits per heavy atom. The second kappa shape index (κ2) is 9.37. The quantitative estimate of drug-likeness (QED) is 0.281. The van der Waals surface area contributed by atoms with Gasteiger partial charge >= 0.3 is 0 Å². The molecule has 0 aliphatic heterocycles. The third kappa shape index (κ3) is 5.73. The molecule has 5 nitrogen and oxygen atoms in total. The average molecular weight is 292 g/mol. The minimum absolute atomic E-state index is 0.115. The maximum atomic E-state index is 8.98. The lowest BCUT2D eigenvalue weighted by Crippen LogP contribution is -2.42. The van der Waals surface area contributed by atoms with Gasteiger partial charge in [-0.25, -0.2) is 0 Å². The molecule has 0 bridgehead atoms. The molecule has 2 unspecified atom stereocenters. The Balaban J connectivity index is 2.63. The number of likely N-dealkylation sites (N-methyl/N-ethyl adjacent to an activating group) is 1. The van der Waals surface area contributed by atoms with E-state index in [1.165, 1.54) is 0 Å². The number of amidine groups is 1. The highest BCUT2D eigenvalue weighted by molar-refractivity contribution is 5.87. The summed E-state index contributed by atoms with van der Waals surface area (Å²) in [7, 11) is 0. The van der Waals surface area contributed by atoms with Crippen molar-refractivity contribution < 1.29 is 5.21 Å². The number of oxime groups is 1. The Morgan fingerprint density at radius 2 is 1.90 bits per heavy atom. The number of nitrogens with two attached hydrogens (primary N) is 1.